The Labute approximate surface area is 199 Å². The van der Waals surface area contributed by atoms with Gasteiger partial charge >= 0.3 is 5.97 Å². The maximum absolute atomic E-state index is 13.8. The molecule has 5 rings (SSSR count). The second-order valence-corrected chi connectivity index (χ2v) is 11.4. The van der Waals surface area contributed by atoms with Gasteiger partial charge in [0.15, 0.2) is 0 Å². The van der Waals surface area contributed by atoms with Crippen molar-refractivity contribution in [2.24, 2.45) is 23.2 Å². The molecule has 1 aliphatic heterocycles. The zero-order valence-corrected chi connectivity index (χ0v) is 20.6. The molecule has 0 radical (unpaired) electrons. The highest BCUT2D eigenvalue weighted by molar-refractivity contribution is 5.93. The Balaban J connectivity index is 1.24. The Kier molecular flexibility index (Phi) is 8.34. The van der Waals surface area contributed by atoms with Gasteiger partial charge < -0.3 is 15.0 Å². The highest BCUT2D eigenvalue weighted by Gasteiger charge is 2.56. The number of amides is 2. The normalized spacial score (nSPS) is 32.6. The summed E-state index contributed by atoms with van der Waals surface area (Å²) < 4.78 is 5.46. The third kappa shape index (κ3) is 5.92. The Morgan fingerprint density at radius 3 is 2.12 bits per heavy atom. The van der Waals surface area contributed by atoms with E-state index in [0.717, 1.165) is 32.1 Å². The van der Waals surface area contributed by atoms with Crippen LogP contribution in [-0.4, -0.2) is 48.4 Å². The van der Waals surface area contributed by atoms with Gasteiger partial charge in [-0.05, 0) is 62.7 Å². The molecule has 1 heterocycles. The quantitative estimate of drug-likeness (QED) is 0.341. The molecule has 1 saturated heterocycles. The van der Waals surface area contributed by atoms with E-state index in [1.807, 2.05) is 0 Å². The first-order chi connectivity index (χ1) is 16.0. The van der Waals surface area contributed by atoms with Crippen LogP contribution in [0.5, 0.6) is 0 Å². The van der Waals surface area contributed by atoms with Crippen molar-refractivity contribution in [1.29, 1.82) is 0 Å². The highest BCUT2D eigenvalue weighted by Crippen LogP contribution is 2.60. The second kappa shape index (κ2) is 11.2. The van der Waals surface area contributed by atoms with Crippen molar-refractivity contribution < 1.29 is 19.1 Å². The van der Waals surface area contributed by atoms with Gasteiger partial charge in [0.1, 0.15) is 6.04 Å². The van der Waals surface area contributed by atoms with E-state index in [-0.39, 0.29) is 29.6 Å². The zero-order chi connectivity index (χ0) is 23.3. The van der Waals surface area contributed by atoms with Crippen molar-refractivity contribution in [1.82, 2.24) is 10.2 Å². The largest absolute Gasteiger partial charge is 0.466 e. The molecule has 0 aromatic rings. The number of ether oxygens (including phenoxy) is 1. The first-order valence-electron chi connectivity index (χ1n) is 13.7. The third-order valence-corrected chi connectivity index (χ3v) is 8.70. The van der Waals surface area contributed by atoms with Crippen LogP contribution in [0.2, 0.25) is 0 Å². The van der Waals surface area contributed by atoms with Crippen LogP contribution >= 0.6 is 0 Å². The number of unbranched alkanes of at least 4 members (excludes halogenated alkanes) is 7. The maximum Gasteiger partial charge on any atom is 0.308 e. The van der Waals surface area contributed by atoms with Gasteiger partial charge in [-0.15, -0.1) is 0 Å². The average Bonchev–Trinajstić information content (AvgIpc) is 2.78. The molecule has 1 unspecified atom stereocenters. The monoisotopic (exact) mass is 460 g/mol. The van der Waals surface area contributed by atoms with Crippen LogP contribution in [0.4, 0.5) is 0 Å². The van der Waals surface area contributed by atoms with E-state index in [4.69, 9.17) is 4.74 Å². The van der Waals surface area contributed by atoms with Crippen molar-refractivity contribution in [2.45, 2.75) is 109 Å². The molecule has 4 bridgehead atoms. The SMILES string of the molecule is CCCCCCCCCCOC(=O)CC1C(=O)NCCN1C(=O)C12CC3CC(CC(C3)C1)C2. The van der Waals surface area contributed by atoms with Crippen LogP contribution in [0.25, 0.3) is 0 Å². The molecule has 6 heteroatoms. The van der Waals surface area contributed by atoms with Gasteiger partial charge in [0.05, 0.1) is 18.4 Å². The summed E-state index contributed by atoms with van der Waals surface area (Å²) in [6.45, 7) is 3.61. The van der Waals surface area contributed by atoms with E-state index < -0.39 is 6.04 Å². The lowest BCUT2D eigenvalue weighted by Crippen LogP contribution is -2.63. The molecule has 0 spiro atoms. The summed E-state index contributed by atoms with van der Waals surface area (Å²) in [4.78, 5) is 40.8. The first-order valence-corrected chi connectivity index (χ1v) is 13.7. The highest BCUT2D eigenvalue weighted by atomic mass is 16.5. The lowest BCUT2D eigenvalue weighted by molar-refractivity contribution is -0.166. The lowest BCUT2D eigenvalue weighted by Gasteiger charge is -2.57. The Morgan fingerprint density at radius 2 is 1.52 bits per heavy atom. The van der Waals surface area contributed by atoms with Gasteiger partial charge in [-0.25, -0.2) is 0 Å². The van der Waals surface area contributed by atoms with Gasteiger partial charge in [-0.2, -0.15) is 0 Å². The number of piperazine rings is 1. The van der Waals surface area contributed by atoms with Crippen LogP contribution in [0.3, 0.4) is 0 Å². The number of carbonyl (C=O) groups excluding carboxylic acids is 3. The number of hydrogen-bond acceptors (Lipinski definition) is 4. The van der Waals surface area contributed by atoms with Crippen LogP contribution in [-0.2, 0) is 19.1 Å². The number of carbonyl (C=O) groups is 3. The Morgan fingerprint density at radius 1 is 0.939 bits per heavy atom. The summed E-state index contributed by atoms with van der Waals surface area (Å²) in [5.41, 5.74) is -0.286. The molecule has 33 heavy (non-hydrogen) atoms. The number of nitrogens with zero attached hydrogens (tertiary/aromatic N) is 1. The lowest BCUT2D eigenvalue weighted by atomic mass is 9.49. The van der Waals surface area contributed by atoms with Crippen molar-refractivity contribution in [3.05, 3.63) is 0 Å². The molecule has 0 aromatic carbocycles. The van der Waals surface area contributed by atoms with Crippen molar-refractivity contribution >= 4 is 17.8 Å². The van der Waals surface area contributed by atoms with Crippen LogP contribution in [0.1, 0.15) is 103 Å². The van der Waals surface area contributed by atoms with Crippen molar-refractivity contribution in [2.75, 3.05) is 19.7 Å². The summed E-state index contributed by atoms with van der Waals surface area (Å²) in [6.07, 6.45) is 16.3. The van der Waals surface area contributed by atoms with Gasteiger partial charge in [-0.1, -0.05) is 51.9 Å². The maximum atomic E-state index is 13.8. The first kappa shape index (κ1) is 24.5. The van der Waals surface area contributed by atoms with E-state index >= 15 is 0 Å². The minimum absolute atomic E-state index is 0.0268. The summed E-state index contributed by atoms with van der Waals surface area (Å²) in [6, 6.07) is -0.717. The van der Waals surface area contributed by atoms with Gasteiger partial charge in [-0.3, -0.25) is 14.4 Å². The van der Waals surface area contributed by atoms with E-state index in [9.17, 15) is 14.4 Å². The Bertz CT molecular complexity index is 671. The van der Waals surface area contributed by atoms with Gasteiger partial charge in [0.25, 0.3) is 0 Å². The average molecular weight is 461 g/mol. The fraction of sp³-hybridized carbons (Fsp3) is 0.889. The molecule has 0 aromatic heterocycles. The smallest absolute Gasteiger partial charge is 0.308 e. The predicted molar refractivity (Wildman–Crippen MR) is 127 cm³/mol. The fourth-order valence-corrected chi connectivity index (χ4v) is 7.48. The van der Waals surface area contributed by atoms with E-state index in [1.54, 1.807) is 4.90 Å². The summed E-state index contributed by atoms with van der Waals surface area (Å²) in [7, 11) is 0. The predicted octanol–water partition coefficient (Wildman–Crippen LogP) is 4.60. The molecular weight excluding hydrogens is 416 g/mol. The van der Waals surface area contributed by atoms with Crippen LogP contribution in [0, 0.1) is 23.2 Å². The van der Waals surface area contributed by atoms with E-state index in [2.05, 4.69) is 12.2 Å². The summed E-state index contributed by atoms with van der Waals surface area (Å²) in [5.74, 6) is 1.60. The third-order valence-electron chi connectivity index (χ3n) is 8.70. The van der Waals surface area contributed by atoms with E-state index in [0.29, 0.717) is 37.5 Å². The molecule has 1 atom stereocenters. The van der Waals surface area contributed by atoms with Crippen molar-refractivity contribution in [3.63, 3.8) is 0 Å². The fourth-order valence-electron chi connectivity index (χ4n) is 7.48. The standard InChI is InChI=1S/C27H44N2O4/c1-2-3-4-5-6-7-8-9-12-33-24(30)16-23-25(31)28-10-11-29(23)26(32)27-17-20-13-21(18-27)15-22(14-20)19-27/h20-23H,2-19H2,1H3,(H,28,31). The molecule has 5 aliphatic rings. The number of nitrogens with one attached hydrogen (secondary N) is 1. The molecule has 186 valence electrons. The molecule has 1 N–H and O–H groups in total. The number of hydrogen-bond donors (Lipinski definition) is 1. The Hall–Kier alpha value is -1.59. The summed E-state index contributed by atoms with van der Waals surface area (Å²) >= 11 is 0. The molecule has 4 aliphatic carbocycles. The van der Waals surface area contributed by atoms with Gasteiger partial charge in [0, 0.05) is 13.1 Å². The zero-order valence-electron chi connectivity index (χ0n) is 20.6. The number of rotatable bonds is 12. The molecule has 2 amide bonds. The van der Waals surface area contributed by atoms with Crippen LogP contribution < -0.4 is 5.32 Å². The molecular formula is C27H44N2O4. The van der Waals surface area contributed by atoms with Crippen LogP contribution in [0.15, 0.2) is 0 Å². The number of esters is 1. The molecule has 5 fully saturated rings. The van der Waals surface area contributed by atoms with Gasteiger partial charge in [0.2, 0.25) is 11.8 Å². The minimum Gasteiger partial charge on any atom is -0.466 e. The molecule has 4 saturated carbocycles. The van der Waals surface area contributed by atoms with Crippen molar-refractivity contribution in [3.8, 4) is 0 Å². The molecule has 6 nitrogen and oxygen atoms in total. The minimum atomic E-state index is -0.717. The topological polar surface area (TPSA) is 75.7 Å². The second-order valence-electron chi connectivity index (χ2n) is 11.4. The van der Waals surface area contributed by atoms with E-state index in [1.165, 1.54) is 57.8 Å². The summed E-state index contributed by atoms with van der Waals surface area (Å²) in [5, 5.41) is 2.86.